The molecule has 1 fully saturated rings. The van der Waals surface area contributed by atoms with Gasteiger partial charge in [-0.15, -0.1) is 0 Å². The molecule has 0 amide bonds. The van der Waals surface area contributed by atoms with Gasteiger partial charge in [-0.2, -0.15) is 4.98 Å². The number of nitrogens with zero attached hydrogens (tertiary/aromatic N) is 3. The van der Waals surface area contributed by atoms with Crippen LogP contribution in [0.5, 0.6) is 0 Å². The minimum Gasteiger partial charge on any atom is -0.340 e. The molecule has 0 aliphatic carbocycles. The molecule has 1 aromatic heterocycles. The largest absolute Gasteiger partial charge is 0.340 e. The predicted octanol–water partition coefficient (Wildman–Crippen LogP) is 3.67. The van der Waals surface area contributed by atoms with E-state index in [0.29, 0.717) is 24.8 Å². The fraction of sp³-hybridized carbons (Fsp3) is 0.500. The molecule has 1 saturated heterocycles. The average molecular weight is 389 g/mol. The lowest BCUT2D eigenvalue weighted by Gasteiger charge is -2.27. The van der Waals surface area contributed by atoms with Crippen LogP contribution in [-0.2, 0) is 9.84 Å². The van der Waals surface area contributed by atoms with Crippen molar-refractivity contribution in [2.75, 3.05) is 28.3 Å². The fourth-order valence-corrected chi connectivity index (χ4v) is 5.34. The Labute approximate surface area is 162 Å². The van der Waals surface area contributed by atoms with Gasteiger partial charge in [-0.05, 0) is 43.4 Å². The van der Waals surface area contributed by atoms with Crippen LogP contribution in [0.2, 0.25) is 0 Å². The van der Waals surface area contributed by atoms with Crippen LogP contribution in [0.4, 0.5) is 17.5 Å². The zero-order chi connectivity index (χ0) is 19.6. The summed E-state index contributed by atoms with van der Waals surface area (Å²) in [6, 6.07) is 8.07. The SMILES string of the molecule is CCN(c1nccc(Nc2c(C)cccc2C(C)C)n1)C1CCS(=O)(=O)C1. The van der Waals surface area contributed by atoms with Gasteiger partial charge in [-0.25, -0.2) is 13.4 Å². The molecule has 6 nitrogen and oxygen atoms in total. The minimum atomic E-state index is -2.95. The molecule has 27 heavy (non-hydrogen) atoms. The number of para-hydroxylation sites is 1. The number of nitrogens with one attached hydrogen (secondary N) is 1. The zero-order valence-corrected chi connectivity index (χ0v) is 17.3. The second kappa shape index (κ2) is 7.84. The molecule has 1 unspecified atom stereocenters. The lowest BCUT2D eigenvalue weighted by Crippen LogP contribution is -2.37. The van der Waals surface area contributed by atoms with Crippen LogP contribution in [0, 0.1) is 6.92 Å². The number of hydrogen-bond donors (Lipinski definition) is 1. The van der Waals surface area contributed by atoms with Crippen molar-refractivity contribution in [2.45, 2.75) is 46.1 Å². The van der Waals surface area contributed by atoms with Crippen LogP contribution in [0.15, 0.2) is 30.5 Å². The Balaban J connectivity index is 1.88. The maximum atomic E-state index is 11.9. The van der Waals surface area contributed by atoms with Gasteiger partial charge in [0, 0.05) is 24.5 Å². The Hall–Kier alpha value is -2.15. The molecule has 2 aromatic rings. The molecule has 146 valence electrons. The third-order valence-corrected chi connectivity index (χ3v) is 6.82. The van der Waals surface area contributed by atoms with Crippen LogP contribution < -0.4 is 10.2 Å². The van der Waals surface area contributed by atoms with Gasteiger partial charge in [0.15, 0.2) is 9.84 Å². The van der Waals surface area contributed by atoms with E-state index in [1.165, 1.54) is 5.56 Å². The van der Waals surface area contributed by atoms with Crippen LogP contribution >= 0.6 is 0 Å². The van der Waals surface area contributed by atoms with Crippen LogP contribution in [0.25, 0.3) is 0 Å². The summed E-state index contributed by atoms with van der Waals surface area (Å²) in [4.78, 5) is 11.1. The van der Waals surface area contributed by atoms with E-state index < -0.39 is 9.84 Å². The first kappa shape index (κ1) is 19.6. The Bertz CT molecular complexity index is 912. The van der Waals surface area contributed by atoms with Crippen molar-refractivity contribution in [1.82, 2.24) is 9.97 Å². The molecule has 0 radical (unpaired) electrons. The van der Waals surface area contributed by atoms with E-state index in [1.807, 2.05) is 17.9 Å². The number of anilines is 3. The Morgan fingerprint density at radius 1 is 1.30 bits per heavy atom. The van der Waals surface area contributed by atoms with Gasteiger partial charge < -0.3 is 10.2 Å². The van der Waals surface area contributed by atoms with E-state index in [9.17, 15) is 8.42 Å². The molecule has 0 spiro atoms. The first-order valence-electron chi connectivity index (χ1n) is 9.47. The summed E-state index contributed by atoms with van der Waals surface area (Å²) in [5.74, 6) is 2.11. The van der Waals surface area contributed by atoms with Crippen molar-refractivity contribution in [2.24, 2.45) is 0 Å². The first-order chi connectivity index (χ1) is 12.8. The number of sulfone groups is 1. The molecule has 1 aliphatic rings. The van der Waals surface area contributed by atoms with Gasteiger partial charge in [-0.3, -0.25) is 0 Å². The second-order valence-electron chi connectivity index (χ2n) is 7.40. The Kier molecular flexibility index (Phi) is 5.69. The van der Waals surface area contributed by atoms with E-state index in [1.54, 1.807) is 6.20 Å². The summed E-state index contributed by atoms with van der Waals surface area (Å²) >= 11 is 0. The van der Waals surface area contributed by atoms with Gasteiger partial charge in [-0.1, -0.05) is 32.0 Å². The highest BCUT2D eigenvalue weighted by atomic mass is 32.2. The smallest absolute Gasteiger partial charge is 0.227 e. The molecule has 0 bridgehead atoms. The van der Waals surface area contributed by atoms with Gasteiger partial charge in [0.25, 0.3) is 0 Å². The van der Waals surface area contributed by atoms with Gasteiger partial charge in [0.05, 0.1) is 11.5 Å². The summed E-state index contributed by atoms with van der Waals surface area (Å²) in [6.07, 6.45) is 2.36. The maximum absolute atomic E-state index is 11.9. The Morgan fingerprint density at radius 3 is 2.70 bits per heavy atom. The van der Waals surface area contributed by atoms with Crippen molar-refractivity contribution in [3.05, 3.63) is 41.6 Å². The molecule has 1 N–H and O–H groups in total. The number of aromatic nitrogens is 2. The minimum absolute atomic E-state index is 0.0556. The third-order valence-electron chi connectivity index (χ3n) is 5.07. The topological polar surface area (TPSA) is 75.2 Å². The molecule has 0 saturated carbocycles. The lowest BCUT2D eigenvalue weighted by atomic mass is 9.98. The van der Waals surface area contributed by atoms with Crippen LogP contribution in [0.1, 0.15) is 44.2 Å². The van der Waals surface area contributed by atoms with Crippen molar-refractivity contribution < 1.29 is 8.42 Å². The van der Waals surface area contributed by atoms with Crippen molar-refractivity contribution in [3.63, 3.8) is 0 Å². The standard InChI is InChI=1S/C20H28N4O2S/c1-5-24(16-10-12-27(25,26)13-16)20-21-11-9-18(23-20)22-19-15(4)7-6-8-17(19)14(2)3/h6-9,11,14,16H,5,10,12-13H2,1-4H3,(H,21,22,23). The Morgan fingerprint density at radius 2 is 2.07 bits per heavy atom. The zero-order valence-electron chi connectivity index (χ0n) is 16.4. The maximum Gasteiger partial charge on any atom is 0.227 e. The molecule has 1 aromatic carbocycles. The van der Waals surface area contributed by atoms with Crippen LogP contribution in [0.3, 0.4) is 0 Å². The number of aryl methyl sites for hydroxylation is 1. The van der Waals surface area contributed by atoms with Crippen molar-refractivity contribution in [1.29, 1.82) is 0 Å². The highest BCUT2D eigenvalue weighted by molar-refractivity contribution is 7.91. The number of hydrogen-bond acceptors (Lipinski definition) is 6. The molecule has 3 rings (SSSR count). The van der Waals surface area contributed by atoms with Crippen molar-refractivity contribution >= 4 is 27.3 Å². The number of benzene rings is 1. The third kappa shape index (κ3) is 4.40. The fourth-order valence-electron chi connectivity index (χ4n) is 3.61. The summed E-state index contributed by atoms with van der Waals surface area (Å²) in [5, 5.41) is 3.45. The molecule has 1 atom stereocenters. The average Bonchev–Trinajstić information content (AvgIpc) is 2.97. The van der Waals surface area contributed by atoms with E-state index in [4.69, 9.17) is 0 Å². The van der Waals surface area contributed by atoms with E-state index >= 15 is 0 Å². The van der Waals surface area contributed by atoms with Crippen molar-refractivity contribution in [3.8, 4) is 0 Å². The van der Waals surface area contributed by atoms with Gasteiger partial charge in [0.1, 0.15) is 5.82 Å². The molecule has 7 heteroatoms. The summed E-state index contributed by atoms with van der Waals surface area (Å²) < 4.78 is 23.7. The molecule has 1 aliphatic heterocycles. The van der Waals surface area contributed by atoms with Crippen LogP contribution in [-0.4, -0.2) is 42.5 Å². The molecular weight excluding hydrogens is 360 g/mol. The lowest BCUT2D eigenvalue weighted by molar-refractivity contribution is 0.599. The highest BCUT2D eigenvalue weighted by Gasteiger charge is 2.32. The van der Waals surface area contributed by atoms with E-state index in [-0.39, 0.29) is 17.5 Å². The van der Waals surface area contributed by atoms with E-state index in [2.05, 4.69) is 54.3 Å². The molecular formula is C20H28N4O2S. The highest BCUT2D eigenvalue weighted by Crippen LogP contribution is 2.30. The predicted molar refractivity (Wildman–Crippen MR) is 111 cm³/mol. The van der Waals surface area contributed by atoms with E-state index in [0.717, 1.165) is 17.1 Å². The summed E-state index contributed by atoms with van der Waals surface area (Å²) in [6.45, 7) is 9.10. The quantitative estimate of drug-likeness (QED) is 0.814. The summed E-state index contributed by atoms with van der Waals surface area (Å²) in [5.41, 5.74) is 3.48. The normalized spacial score (nSPS) is 18.6. The van der Waals surface area contributed by atoms with Gasteiger partial charge in [0.2, 0.25) is 5.95 Å². The summed E-state index contributed by atoms with van der Waals surface area (Å²) in [7, 11) is -2.95. The van der Waals surface area contributed by atoms with Gasteiger partial charge >= 0.3 is 0 Å². The monoisotopic (exact) mass is 388 g/mol. The number of rotatable bonds is 6. The second-order valence-corrected chi connectivity index (χ2v) is 9.63. The first-order valence-corrected chi connectivity index (χ1v) is 11.3. The molecule has 2 heterocycles.